The summed E-state index contributed by atoms with van der Waals surface area (Å²) in [5.41, 5.74) is 4.31. The lowest BCUT2D eigenvalue weighted by Gasteiger charge is -2.34. The predicted octanol–water partition coefficient (Wildman–Crippen LogP) is 6.32. The van der Waals surface area contributed by atoms with Gasteiger partial charge in [0, 0.05) is 12.1 Å². The number of carbonyl (C=O) groups is 2. The van der Waals surface area contributed by atoms with E-state index in [-0.39, 0.29) is 11.8 Å². The molecule has 0 saturated heterocycles. The molecule has 36 heavy (non-hydrogen) atoms. The van der Waals surface area contributed by atoms with Crippen LogP contribution in [0.2, 0.25) is 0 Å². The van der Waals surface area contributed by atoms with E-state index in [1.54, 1.807) is 0 Å². The van der Waals surface area contributed by atoms with Crippen LogP contribution < -0.4 is 10.6 Å². The molecule has 0 aliphatic heterocycles. The molecule has 2 amide bonds. The van der Waals surface area contributed by atoms with Crippen molar-refractivity contribution < 1.29 is 9.59 Å². The molecule has 2 fully saturated rings. The lowest BCUT2D eigenvalue weighted by Crippen LogP contribution is -2.44. The van der Waals surface area contributed by atoms with E-state index < -0.39 is 0 Å². The Labute approximate surface area is 217 Å². The largest absolute Gasteiger partial charge is 0.353 e. The van der Waals surface area contributed by atoms with Crippen molar-refractivity contribution in [3.05, 3.63) is 59.7 Å². The highest BCUT2D eigenvalue weighted by atomic mass is 16.2. The molecule has 0 bridgehead atoms. The molecule has 2 aromatic carbocycles. The van der Waals surface area contributed by atoms with Crippen LogP contribution in [0.25, 0.3) is 11.1 Å². The minimum Gasteiger partial charge on any atom is -0.353 e. The molecule has 6 atom stereocenters. The van der Waals surface area contributed by atoms with Crippen LogP contribution in [0, 0.1) is 23.7 Å². The van der Waals surface area contributed by atoms with Gasteiger partial charge in [0.2, 0.25) is 11.8 Å². The van der Waals surface area contributed by atoms with Crippen molar-refractivity contribution >= 4 is 11.8 Å². The van der Waals surface area contributed by atoms with E-state index in [0.717, 1.165) is 35.1 Å². The van der Waals surface area contributed by atoms with Gasteiger partial charge in [0.05, 0.1) is 12.8 Å². The van der Waals surface area contributed by atoms with Crippen molar-refractivity contribution in [2.45, 2.75) is 91.1 Å². The molecular weight excluding hydrogens is 444 g/mol. The fourth-order valence-corrected chi connectivity index (χ4v) is 6.09. The molecule has 0 aromatic heterocycles. The van der Waals surface area contributed by atoms with E-state index in [4.69, 9.17) is 0 Å². The average Bonchev–Trinajstić information content (AvgIpc) is 2.86. The average molecular weight is 489 g/mol. The minimum atomic E-state index is 0.119. The van der Waals surface area contributed by atoms with Crippen molar-refractivity contribution in [1.82, 2.24) is 10.6 Å². The van der Waals surface area contributed by atoms with E-state index >= 15 is 0 Å². The maximum absolute atomic E-state index is 12.6. The van der Waals surface area contributed by atoms with Crippen molar-refractivity contribution in [1.29, 1.82) is 0 Å². The van der Waals surface area contributed by atoms with E-state index in [1.165, 1.54) is 25.7 Å². The van der Waals surface area contributed by atoms with Gasteiger partial charge in [-0.1, -0.05) is 102 Å². The molecule has 194 valence electrons. The fourth-order valence-electron chi connectivity index (χ4n) is 6.09. The van der Waals surface area contributed by atoms with Crippen LogP contribution >= 0.6 is 0 Å². The van der Waals surface area contributed by atoms with Crippen LogP contribution in [0.3, 0.4) is 0 Å². The van der Waals surface area contributed by atoms with Gasteiger partial charge in [-0.3, -0.25) is 9.59 Å². The highest BCUT2D eigenvalue weighted by Crippen LogP contribution is 2.30. The quantitative estimate of drug-likeness (QED) is 0.479. The van der Waals surface area contributed by atoms with E-state index in [0.29, 0.717) is 48.6 Å². The van der Waals surface area contributed by atoms with E-state index in [2.05, 4.69) is 86.9 Å². The van der Waals surface area contributed by atoms with Gasteiger partial charge >= 0.3 is 0 Å². The van der Waals surface area contributed by atoms with Gasteiger partial charge in [-0.25, -0.2) is 0 Å². The number of nitrogens with one attached hydrogen (secondary N) is 2. The Balaban J connectivity index is 1.28. The maximum Gasteiger partial charge on any atom is 0.224 e. The van der Waals surface area contributed by atoms with Gasteiger partial charge in [0.25, 0.3) is 0 Å². The second-order valence-corrected chi connectivity index (χ2v) is 11.6. The molecule has 6 unspecified atom stereocenters. The Morgan fingerprint density at radius 3 is 1.33 bits per heavy atom. The second kappa shape index (κ2) is 12.1. The third-order valence-electron chi connectivity index (χ3n) is 9.08. The van der Waals surface area contributed by atoms with E-state index in [9.17, 15) is 9.59 Å². The van der Waals surface area contributed by atoms with Crippen LogP contribution in [0.1, 0.15) is 77.3 Å². The first-order valence-electron chi connectivity index (χ1n) is 14.1. The second-order valence-electron chi connectivity index (χ2n) is 11.6. The Morgan fingerprint density at radius 2 is 0.972 bits per heavy atom. The van der Waals surface area contributed by atoms with Crippen LogP contribution in [0.4, 0.5) is 0 Å². The molecular formula is C32H44N2O2. The number of benzene rings is 2. The summed E-state index contributed by atoms with van der Waals surface area (Å²) in [6.07, 6.45) is 7.96. The molecule has 2 saturated carbocycles. The van der Waals surface area contributed by atoms with Gasteiger partial charge in [-0.2, -0.15) is 0 Å². The molecule has 0 heterocycles. The number of hydrogen-bond acceptors (Lipinski definition) is 2. The molecule has 2 aliphatic rings. The van der Waals surface area contributed by atoms with Crippen molar-refractivity contribution in [3.8, 4) is 11.1 Å². The summed E-state index contributed by atoms with van der Waals surface area (Å²) in [6.45, 7) is 9.11. The zero-order chi connectivity index (χ0) is 25.7. The van der Waals surface area contributed by atoms with Gasteiger partial charge < -0.3 is 10.6 Å². The SMILES string of the molecule is CC1CCCC(NC(=O)Cc2ccc(-c3ccc(CC(=O)NC4CCCC(C)C4C)cc3)cc2)C1C. The van der Waals surface area contributed by atoms with Gasteiger partial charge in [-0.15, -0.1) is 0 Å². The van der Waals surface area contributed by atoms with Crippen molar-refractivity contribution in [3.63, 3.8) is 0 Å². The molecule has 4 rings (SSSR count). The lowest BCUT2D eigenvalue weighted by atomic mass is 9.78. The Morgan fingerprint density at radius 1 is 0.611 bits per heavy atom. The zero-order valence-corrected chi connectivity index (χ0v) is 22.6. The molecule has 0 radical (unpaired) electrons. The van der Waals surface area contributed by atoms with Crippen molar-refractivity contribution in [2.75, 3.05) is 0 Å². The molecule has 2 aliphatic carbocycles. The third-order valence-corrected chi connectivity index (χ3v) is 9.08. The smallest absolute Gasteiger partial charge is 0.224 e. The van der Waals surface area contributed by atoms with Crippen molar-refractivity contribution in [2.24, 2.45) is 23.7 Å². The van der Waals surface area contributed by atoms with Crippen LogP contribution in [0.15, 0.2) is 48.5 Å². The molecule has 4 nitrogen and oxygen atoms in total. The topological polar surface area (TPSA) is 58.2 Å². The summed E-state index contributed by atoms with van der Waals surface area (Å²) in [5, 5.41) is 6.55. The first kappa shape index (κ1) is 26.4. The van der Waals surface area contributed by atoms with Gasteiger partial charge in [-0.05, 0) is 58.8 Å². The maximum atomic E-state index is 12.6. The predicted molar refractivity (Wildman–Crippen MR) is 148 cm³/mol. The number of carbonyl (C=O) groups excluding carboxylic acids is 2. The summed E-state index contributed by atoms with van der Waals surface area (Å²) in [7, 11) is 0. The number of amides is 2. The summed E-state index contributed by atoms with van der Waals surface area (Å²) in [6, 6.07) is 17.1. The minimum absolute atomic E-state index is 0.119. The van der Waals surface area contributed by atoms with Crippen LogP contribution in [-0.2, 0) is 22.4 Å². The summed E-state index contributed by atoms with van der Waals surface area (Å²) in [4.78, 5) is 25.3. The Bertz CT molecular complexity index is 930. The van der Waals surface area contributed by atoms with E-state index in [1.807, 2.05) is 0 Å². The first-order chi connectivity index (χ1) is 17.3. The highest BCUT2D eigenvalue weighted by molar-refractivity contribution is 5.80. The Kier molecular flexibility index (Phi) is 8.87. The molecule has 2 aromatic rings. The monoisotopic (exact) mass is 488 g/mol. The van der Waals surface area contributed by atoms with Gasteiger partial charge in [0.1, 0.15) is 0 Å². The zero-order valence-electron chi connectivity index (χ0n) is 22.6. The summed E-state index contributed by atoms with van der Waals surface area (Å²) < 4.78 is 0. The first-order valence-corrected chi connectivity index (χ1v) is 14.1. The normalized spacial score (nSPS) is 28.3. The summed E-state index contributed by atoms with van der Waals surface area (Å²) >= 11 is 0. The summed E-state index contributed by atoms with van der Waals surface area (Å²) in [5.74, 6) is 2.67. The van der Waals surface area contributed by atoms with Crippen LogP contribution in [0.5, 0.6) is 0 Å². The highest BCUT2D eigenvalue weighted by Gasteiger charge is 2.29. The molecule has 4 heteroatoms. The van der Waals surface area contributed by atoms with Crippen LogP contribution in [-0.4, -0.2) is 23.9 Å². The number of rotatable bonds is 7. The number of hydrogen-bond donors (Lipinski definition) is 2. The standard InChI is InChI=1S/C32H44N2O2/c1-21-7-5-9-29(23(21)3)33-31(35)19-25-11-15-27(16-12-25)28-17-13-26(14-18-28)20-32(36)34-30-10-6-8-22(2)24(30)4/h11-18,21-24,29-30H,5-10,19-20H2,1-4H3,(H,33,35)(H,34,36). The fraction of sp³-hybridized carbons (Fsp3) is 0.562. The molecule has 0 spiro atoms. The molecule has 2 N–H and O–H groups in total. The van der Waals surface area contributed by atoms with Gasteiger partial charge in [0.15, 0.2) is 0 Å². The lowest BCUT2D eigenvalue weighted by molar-refractivity contribution is -0.122. The Hall–Kier alpha value is -2.62. The third kappa shape index (κ3) is 6.78.